The van der Waals surface area contributed by atoms with Gasteiger partial charge in [0.1, 0.15) is 0 Å². The lowest BCUT2D eigenvalue weighted by Gasteiger charge is -2.36. The predicted molar refractivity (Wildman–Crippen MR) is 114 cm³/mol. The molecule has 1 spiro atoms. The first-order valence-electron chi connectivity index (χ1n) is 10.5. The van der Waals surface area contributed by atoms with Crippen molar-refractivity contribution in [3.05, 3.63) is 65.7 Å². The molecule has 1 aliphatic heterocycles. The first-order valence-corrected chi connectivity index (χ1v) is 10.5. The van der Waals surface area contributed by atoms with Crippen molar-refractivity contribution in [1.29, 1.82) is 0 Å². The summed E-state index contributed by atoms with van der Waals surface area (Å²) in [7, 11) is 0. The zero-order valence-electron chi connectivity index (χ0n) is 17.1. The molecule has 0 bridgehead atoms. The molecule has 4 rings (SSSR count). The summed E-state index contributed by atoms with van der Waals surface area (Å²) in [4.78, 5) is 15.0. The Morgan fingerprint density at radius 3 is 2.34 bits per heavy atom. The molecule has 2 fully saturated rings. The first kappa shape index (κ1) is 19.9. The number of rotatable bonds is 6. The molecular formula is C24H30N2O3. The van der Waals surface area contributed by atoms with E-state index in [2.05, 4.69) is 53.5 Å². The van der Waals surface area contributed by atoms with Crippen LogP contribution >= 0.6 is 0 Å². The number of nitrogens with one attached hydrogen (secondary N) is 1. The molecule has 0 radical (unpaired) electrons. The molecule has 0 unspecified atom stereocenters. The Hall–Kier alpha value is -2.37. The van der Waals surface area contributed by atoms with Gasteiger partial charge in [0.2, 0.25) is 5.91 Å². The van der Waals surface area contributed by atoms with Crippen molar-refractivity contribution < 1.29 is 14.3 Å². The van der Waals surface area contributed by atoms with Crippen LogP contribution in [0, 0.1) is 6.92 Å². The third-order valence-corrected chi connectivity index (χ3v) is 5.88. The van der Waals surface area contributed by atoms with Crippen LogP contribution in [-0.4, -0.2) is 37.5 Å². The summed E-state index contributed by atoms with van der Waals surface area (Å²) < 4.78 is 11.6. The lowest BCUT2D eigenvalue weighted by molar-refractivity contribution is -0.180. The van der Waals surface area contributed by atoms with Gasteiger partial charge in [-0.15, -0.1) is 0 Å². The van der Waals surface area contributed by atoms with Crippen molar-refractivity contribution in [3.8, 4) is 0 Å². The summed E-state index contributed by atoms with van der Waals surface area (Å²) in [6.45, 7) is 4.48. The van der Waals surface area contributed by atoms with Crippen LogP contribution in [0.5, 0.6) is 0 Å². The minimum atomic E-state index is -0.386. The Bertz CT molecular complexity index is 791. The number of carbonyl (C=O) groups is 1. The minimum absolute atomic E-state index is 0.0655. The zero-order valence-corrected chi connectivity index (χ0v) is 17.1. The number of aryl methyl sites for hydroxylation is 1. The van der Waals surface area contributed by atoms with Gasteiger partial charge in [0.25, 0.3) is 0 Å². The Labute approximate surface area is 173 Å². The van der Waals surface area contributed by atoms with Crippen LogP contribution < -0.4 is 10.2 Å². The predicted octanol–water partition coefficient (Wildman–Crippen LogP) is 3.80. The van der Waals surface area contributed by atoms with E-state index >= 15 is 0 Å². The highest BCUT2D eigenvalue weighted by atomic mass is 16.7. The summed E-state index contributed by atoms with van der Waals surface area (Å²) >= 11 is 0. The van der Waals surface area contributed by atoms with E-state index in [0.29, 0.717) is 26.3 Å². The van der Waals surface area contributed by atoms with Gasteiger partial charge in [-0.05, 0) is 37.5 Å². The molecule has 29 heavy (non-hydrogen) atoms. The number of hydrogen-bond acceptors (Lipinski definition) is 4. The van der Waals surface area contributed by atoms with E-state index in [0.717, 1.165) is 31.4 Å². The number of benzene rings is 2. The van der Waals surface area contributed by atoms with Crippen LogP contribution in [-0.2, 0) is 20.8 Å². The number of nitrogens with zero attached hydrogens (tertiary/aromatic N) is 1. The molecule has 1 amide bonds. The quantitative estimate of drug-likeness (QED) is 0.810. The highest BCUT2D eigenvalue weighted by Gasteiger charge is 2.40. The van der Waals surface area contributed by atoms with E-state index in [4.69, 9.17) is 9.47 Å². The molecule has 0 atom stereocenters. The van der Waals surface area contributed by atoms with E-state index in [1.54, 1.807) is 0 Å². The second-order valence-electron chi connectivity index (χ2n) is 8.13. The first-order chi connectivity index (χ1) is 14.1. The van der Waals surface area contributed by atoms with E-state index in [1.807, 2.05) is 18.2 Å². The standard InChI is InChI=1S/C24H30N2O3/c1-19-7-9-22(10-8-19)26(17-20-5-3-2-4-6-20)18-23(27)25-21-11-13-24(14-12-21)28-15-16-29-24/h2-10,21H,11-18H2,1H3,(H,25,27). The molecule has 2 aliphatic rings. The van der Waals surface area contributed by atoms with Crippen LogP contribution in [0.25, 0.3) is 0 Å². The van der Waals surface area contributed by atoms with Crippen LogP contribution in [0.15, 0.2) is 54.6 Å². The monoisotopic (exact) mass is 394 g/mol. The van der Waals surface area contributed by atoms with E-state index in [9.17, 15) is 4.79 Å². The van der Waals surface area contributed by atoms with E-state index in [1.165, 1.54) is 11.1 Å². The Kier molecular flexibility index (Phi) is 6.16. The molecule has 1 saturated carbocycles. The molecule has 2 aromatic rings. The van der Waals surface area contributed by atoms with Crippen molar-refractivity contribution in [3.63, 3.8) is 0 Å². The van der Waals surface area contributed by atoms with Gasteiger partial charge in [-0.3, -0.25) is 4.79 Å². The van der Waals surface area contributed by atoms with E-state index < -0.39 is 0 Å². The molecule has 0 aromatic heterocycles. The van der Waals surface area contributed by atoms with Crippen LogP contribution in [0.3, 0.4) is 0 Å². The maximum atomic E-state index is 12.8. The topological polar surface area (TPSA) is 50.8 Å². The summed E-state index contributed by atoms with van der Waals surface area (Å²) in [6.07, 6.45) is 3.50. The van der Waals surface area contributed by atoms with Gasteiger partial charge < -0.3 is 19.7 Å². The van der Waals surface area contributed by atoms with Crippen molar-refractivity contribution in [1.82, 2.24) is 5.32 Å². The lowest BCUT2D eigenvalue weighted by atomic mass is 9.90. The average Bonchev–Trinajstić information content (AvgIpc) is 3.19. The van der Waals surface area contributed by atoms with Crippen LogP contribution in [0.2, 0.25) is 0 Å². The fourth-order valence-electron chi connectivity index (χ4n) is 4.23. The number of amides is 1. The second-order valence-corrected chi connectivity index (χ2v) is 8.13. The number of ether oxygens (including phenoxy) is 2. The van der Waals surface area contributed by atoms with Crippen molar-refractivity contribution in [2.45, 2.75) is 51.0 Å². The Morgan fingerprint density at radius 2 is 1.69 bits per heavy atom. The number of anilines is 1. The van der Waals surface area contributed by atoms with Gasteiger partial charge in [-0.25, -0.2) is 0 Å². The smallest absolute Gasteiger partial charge is 0.239 e. The second kappa shape index (κ2) is 8.97. The molecule has 154 valence electrons. The maximum absolute atomic E-state index is 12.8. The summed E-state index contributed by atoms with van der Waals surface area (Å²) in [5, 5.41) is 3.23. The van der Waals surface area contributed by atoms with E-state index in [-0.39, 0.29) is 17.7 Å². The van der Waals surface area contributed by atoms with Gasteiger partial charge in [0.05, 0.1) is 19.8 Å². The zero-order chi connectivity index (χ0) is 20.1. The Morgan fingerprint density at radius 1 is 1.03 bits per heavy atom. The molecule has 1 N–H and O–H groups in total. The summed E-state index contributed by atoms with van der Waals surface area (Å²) in [5.41, 5.74) is 3.46. The van der Waals surface area contributed by atoms with Gasteiger partial charge in [-0.1, -0.05) is 48.0 Å². The third-order valence-electron chi connectivity index (χ3n) is 5.88. The van der Waals surface area contributed by atoms with Crippen molar-refractivity contribution >= 4 is 11.6 Å². The molecular weight excluding hydrogens is 364 g/mol. The van der Waals surface area contributed by atoms with Gasteiger partial charge in [-0.2, -0.15) is 0 Å². The van der Waals surface area contributed by atoms with Crippen LogP contribution in [0.4, 0.5) is 5.69 Å². The Balaban J connectivity index is 1.37. The largest absolute Gasteiger partial charge is 0.358 e. The van der Waals surface area contributed by atoms with Gasteiger partial charge in [0, 0.05) is 31.1 Å². The number of hydrogen-bond donors (Lipinski definition) is 1. The maximum Gasteiger partial charge on any atom is 0.239 e. The van der Waals surface area contributed by atoms with Crippen molar-refractivity contribution in [2.24, 2.45) is 0 Å². The summed E-state index contributed by atoms with van der Waals surface area (Å²) in [6, 6.07) is 18.8. The molecule has 2 aromatic carbocycles. The fraction of sp³-hybridized carbons (Fsp3) is 0.458. The lowest BCUT2D eigenvalue weighted by Crippen LogP contribution is -2.46. The third kappa shape index (κ3) is 5.17. The average molecular weight is 395 g/mol. The van der Waals surface area contributed by atoms with Gasteiger partial charge in [0.15, 0.2) is 5.79 Å². The minimum Gasteiger partial charge on any atom is -0.358 e. The highest BCUT2D eigenvalue weighted by Crippen LogP contribution is 2.35. The normalized spacial score (nSPS) is 18.7. The fourth-order valence-corrected chi connectivity index (χ4v) is 4.23. The molecule has 1 heterocycles. The van der Waals surface area contributed by atoms with Crippen LogP contribution in [0.1, 0.15) is 36.8 Å². The highest BCUT2D eigenvalue weighted by molar-refractivity contribution is 5.81. The molecule has 5 nitrogen and oxygen atoms in total. The SMILES string of the molecule is Cc1ccc(N(CC(=O)NC2CCC3(CC2)OCCO3)Cc2ccccc2)cc1. The summed E-state index contributed by atoms with van der Waals surface area (Å²) in [5.74, 6) is -0.321. The van der Waals surface area contributed by atoms with Crippen molar-refractivity contribution in [2.75, 3.05) is 24.7 Å². The van der Waals surface area contributed by atoms with Gasteiger partial charge >= 0.3 is 0 Å². The number of carbonyl (C=O) groups excluding carboxylic acids is 1. The molecule has 5 heteroatoms. The molecule has 1 aliphatic carbocycles. The molecule has 1 saturated heterocycles.